The van der Waals surface area contributed by atoms with E-state index in [1.165, 1.54) is 7.11 Å². The van der Waals surface area contributed by atoms with E-state index in [0.29, 0.717) is 66.8 Å². The SMILES string of the molecule is COc1ccc2nc(C(F)F)c3c(c2c1)CCC1(CC2C(=O)NC4(C(=O)NS(=O)(=O)C5(C)CC5)CC4C=CCCCCCC(NC(=O)OCC4CCC4)CN2C1)O3. The molecule has 8 rings (SSSR count). The number of nitrogens with one attached hydrogen (secondary N) is 3. The number of sulfonamides is 1. The van der Waals surface area contributed by atoms with Crippen LogP contribution in [-0.2, 0) is 30.8 Å². The van der Waals surface area contributed by atoms with Crippen LogP contribution in [0.3, 0.4) is 0 Å². The number of nitrogens with zero attached hydrogens (tertiary/aromatic N) is 2. The number of aryl methyl sites for hydroxylation is 1. The van der Waals surface area contributed by atoms with Crippen molar-refractivity contribution >= 4 is 38.8 Å². The molecule has 3 N–H and O–H groups in total. The number of carbonyl (C=O) groups excluding carboxylic acids is 3. The quantitative estimate of drug-likeness (QED) is 0.286. The van der Waals surface area contributed by atoms with E-state index in [-0.39, 0.29) is 31.7 Å². The highest BCUT2D eigenvalue weighted by molar-refractivity contribution is 7.91. The lowest BCUT2D eigenvalue weighted by Crippen LogP contribution is -2.57. The van der Waals surface area contributed by atoms with Crippen LogP contribution < -0.4 is 24.8 Å². The number of rotatable bonds is 8. The maximum atomic E-state index is 14.7. The van der Waals surface area contributed by atoms with Gasteiger partial charge in [-0.15, -0.1) is 0 Å². The second-order valence-corrected chi connectivity index (χ2v) is 19.6. The number of methoxy groups -OCH3 is 1. The maximum absolute atomic E-state index is 14.7. The number of alkyl carbamates (subject to hydrolysis) is 1. The molecule has 5 unspecified atom stereocenters. The predicted octanol–water partition coefficient (Wildman–Crippen LogP) is 5.61. The maximum Gasteiger partial charge on any atom is 0.407 e. The molecule has 1 spiro atoms. The Bertz CT molecular complexity index is 2060. The van der Waals surface area contributed by atoms with E-state index in [4.69, 9.17) is 14.2 Å². The van der Waals surface area contributed by atoms with Gasteiger partial charge in [-0.3, -0.25) is 19.2 Å². The lowest BCUT2D eigenvalue weighted by Gasteiger charge is -2.37. The largest absolute Gasteiger partial charge is 0.497 e. The highest BCUT2D eigenvalue weighted by Crippen LogP contribution is 2.50. The van der Waals surface area contributed by atoms with Crippen molar-refractivity contribution in [3.8, 4) is 11.5 Å². The molecule has 2 aromatic rings. The summed E-state index contributed by atoms with van der Waals surface area (Å²) < 4.78 is 74.9. The first kappa shape index (κ1) is 39.8. The van der Waals surface area contributed by atoms with Crippen LogP contribution in [0.1, 0.15) is 108 Å². The van der Waals surface area contributed by atoms with Gasteiger partial charge < -0.3 is 24.8 Å². The Kier molecular flexibility index (Phi) is 10.7. The van der Waals surface area contributed by atoms with Gasteiger partial charge in [-0.2, -0.15) is 0 Å². The topological polar surface area (TPSA) is 165 Å². The van der Waals surface area contributed by atoms with Crippen molar-refractivity contribution in [3.05, 3.63) is 41.6 Å². The van der Waals surface area contributed by atoms with Gasteiger partial charge in [-0.05, 0) is 95.2 Å². The van der Waals surface area contributed by atoms with Crippen molar-refractivity contribution in [2.75, 3.05) is 26.8 Å². The number of hydrogen-bond acceptors (Lipinski definition) is 10. The summed E-state index contributed by atoms with van der Waals surface area (Å²) in [5, 5.41) is 6.69. The molecule has 6 aliphatic rings. The van der Waals surface area contributed by atoms with Gasteiger partial charge in [-0.25, -0.2) is 27.0 Å². The fraction of sp³-hybridized carbons (Fsp3) is 0.659. The second-order valence-electron chi connectivity index (χ2n) is 17.4. The smallest absolute Gasteiger partial charge is 0.407 e. The molecule has 0 bridgehead atoms. The number of hydrogen-bond donors (Lipinski definition) is 3. The monoisotopic (exact) mass is 813 g/mol. The van der Waals surface area contributed by atoms with E-state index in [9.17, 15) is 31.6 Å². The van der Waals surface area contributed by atoms with Crippen molar-refractivity contribution in [2.45, 2.75) is 131 Å². The fourth-order valence-corrected chi connectivity index (χ4v) is 10.3. The van der Waals surface area contributed by atoms with Gasteiger partial charge in [0.15, 0.2) is 5.75 Å². The third-order valence-electron chi connectivity index (χ3n) is 13.3. The Morgan fingerprint density at radius 1 is 1.11 bits per heavy atom. The highest BCUT2D eigenvalue weighted by atomic mass is 32.2. The molecule has 16 heteroatoms. The average molecular weight is 814 g/mol. The molecule has 13 nitrogen and oxygen atoms in total. The predicted molar refractivity (Wildman–Crippen MR) is 206 cm³/mol. The van der Waals surface area contributed by atoms with Gasteiger partial charge in [0.1, 0.15) is 22.6 Å². The van der Waals surface area contributed by atoms with Crippen LogP contribution >= 0.6 is 0 Å². The number of allylic oxidation sites excluding steroid dienone is 1. The zero-order chi connectivity index (χ0) is 40.2. The number of benzene rings is 1. The van der Waals surface area contributed by atoms with Gasteiger partial charge in [0.05, 0.1) is 30.0 Å². The van der Waals surface area contributed by atoms with Crippen LogP contribution in [0.15, 0.2) is 30.4 Å². The summed E-state index contributed by atoms with van der Waals surface area (Å²) >= 11 is 0. The van der Waals surface area contributed by atoms with E-state index >= 15 is 0 Å². The molecule has 4 fully saturated rings. The van der Waals surface area contributed by atoms with Gasteiger partial charge in [0.2, 0.25) is 15.9 Å². The summed E-state index contributed by atoms with van der Waals surface area (Å²) in [6, 6.07) is 3.77. The molecule has 3 aliphatic carbocycles. The summed E-state index contributed by atoms with van der Waals surface area (Å²) in [6.45, 7) is 2.35. The van der Waals surface area contributed by atoms with Crippen LogP contribution in [-0.4, -0.2) is 91.0 Å². The summed E-state index contributed by atoms with van der Waals surface area (Å²) in [5.74, 6) is -0.780. The van der Waals surface area contributed by atoms with Crippen LogP contribution in [0.4, 0.5) is 13.6 Å². The highest BCUT2D eigenvalue weighted by Gasteiger charge is 2.63. The van der Waals surface area contributed by atoms with E-state index in [2.05, 4.69) is 20.3 Å². The molecular weight excluding hydrogens is 761 g/mol. The minimum atomic E-state index is -3.99. The molecule has 3 amide bonds. The van der Waals surface area contributed by atoms with Crippen molar-refractivity contribution in [3.63, 3.8) is 0 Å². The minimum Gasteiger partial charge on any atom is -0.497 e. The van der Waals surface area contributed by atoms with E-state index in [1.807, 2.05) is 17.1 Å². The summed E-state index contributed by atoms with van der Waals surface area (Å²) in [6.07, 6.45) is 9.47. The van der Waals surface area contributed by atoms with E-state index in [1.54, 1.807) is 25.1 Å². The molecule has 1 aromatic carbocycles. The molecule has 4 heterocycles. The van der Waals surface area contributed by atoms with Crippen LogP contribution in [0.2, 0.25) is 0 Å². The van der Waals surface area contributed by atoms with Crippen LogP contribution in [0.25, 0.3) is 10.9 Å². The Morgan fingerprint density at radius 2 is 1.91 bits per heavy atom. The Morgan fingerprint density at radius 3 is 2.63 bits per heavy atom. The minimum absolute atomic E-state index is 0.00332. The van der Waals surface area contributed by atoms with Crippen molar-refractivity contribution in [1.82, 2.24) is 25.2 Å². The third kappa shape index (κ3) is 7.92. The van der Waals surface area contributed by atoms with Gasteiger partial charge in [-0.1, -0.05) is 31.4 Å². The summed E-state index contributed by atoms with van der Waals surface area (Å²) in [5.41, 5.74) is -2.05. The van der Waals surface area contributed by atoms with Gasteiger partial charge >= 0.3 is 6.09 Å². The molecule has 0 radical (unpaired) electrons. The fourth-order valence-electron chi connectivity index (χ4n) is 9.01. The Balaban J connectivity index is 1.11. The first-order valence-electron chi connectivity index (χ1n) is 20.4. The van der Waals surface area contributed by atoms with Crippen molar-refractivity contribution in [2.24, 2.45) is 11.8 Å². The number of carbonyl (C=O) groups is 3. The Labute approximate surface area is 332 Å². The Hall–Kier alpha value is -4.05. The molecule has 3 saturated carbocycles. The summed E-state index contributed by atoms with van der Waals surface area (Å²) in [7, 11) is -2.46. The number of fused-ring (bicyclic) bond motifs is 5. The van der Waals surface area contributed by atoms with Gasteiger partial charge in [0, 0.05) is 42.4 Å². The van der Waals surface area contributed by atoms with Gasteiger partial charge in [0.25, 0.3) is 12.3 Å². The third-order valence-corrected chi connectivity index (χ3v) is 15.4. The number of amides is 3. The number of alkyl halides is 2. The molecule has 5 atom stereocenters. The van der Waals surface area contributed by atoms with Crippen LogP contribution in [0, 0.1) is 11.8 Å². The van der Waals surface area contributed by atoms with Crippen LogP contribution in [0.5, 0.6) is 11.5 Å². The second kappa shape index (κ2) is 15.3. The number of halogens is 2. The molecule has 1 saturated heterocycles. The normalized spacial score (nSPS) is 30.1. The zero-order valence-electron chi connectivity index (χ0n) is 32.6. The number of aromatic nitrogens is 1. The zero-order valence-corrected chi connectivity index (χ0v) is 33.4. The molecule has 3 aliphatic heterocycles. The standard InChI is InChI=1S/C41H53F2N5O8S/c1-39(17-18-39)57(52,53)47-37(50)41-20-26(41)11-6-4-3-5-7-12-27(44-38(51)55-23-25-9-8-10-25)22-48-24-40(21-32(48)36(49)46-41)16-15-29-30-19-28(54-2)13-14-31(30)45-33(35(42)43)34(29)56-40/h6,11,13-14,19,25-27,32,35H,3-5,7-10,12,15-18,20-24H2,1-2H3,(H,44,51)(H,46,49)(H,47,50). The van der Waals surface area contributed by atoms with Crippen molar-refractivity contribution in [1.29, 1.82) is 0 Å². The average Bonchev–Trinajstić information content (AvgIpc) is 4.05. The molecule has 1 aromatic heterocycles. The molecular formula is C41H53F2N5O8S. The number of ether oxygens (including phenoxy) is 3. The molecule has 57 heavy (non-hydrogen) atoms. The first-order valence-corrected chi connectivity index (χ1v) is 21.9. The van der Waals surface area contributed by atoms with Crippen molar-refractivity contribution < 1.29 is 45.8 Å². The lowest BCUT2D eigenvalue weighted by atomic mass is 9.86. The van der Waals surface area contributed by atoms with E-state index < -0.39 is 73.9 Å². The first-order chi connectivity index (χ1) is 27.2. The lowest BCUT2D eigenvalue weighted by molar-refractivity contribution is -0.132. The summed E-state index contributed by atoms with van der Waals surface area (Å²) in [4.78, 5) is 48.0. The van der Waals surface area contributed by atoms with E-state index in [0.717, 1.165) is 44.9 Å². The number of pyridine rings is 1. The molecule has 310 valence electrons.